The number of aryl methyl sites for hydroxylation is 1. The highest BCUT2D eigenvalue weighted by Gasteiger charge is 2.18. The number of hydrogen-bond acceptors (Lipinski definition) is 2. The number of rotatable bonds is 3. The van der Waals surface area contributed by atoms with Crippen LogP contribution in [0, 0.1) is 6.92 Å². The lowest BCUT2D eigenvalue weighted by atomic mass is 9.89. The van der Waals surface area contributed by atoms with E-state index in [-0.39, 0.29) is 5.41 Å². The molecule has 1 aromatic heterocycles. The Morgan fingerprint density at radius 1 is 1.21 bits per heavy atom. The van der Waals surface area contributed by atoms with Crippen LogP contribution in [0.1, 0.15) is 44.5 Å². The molecule has 2 nitrogen and oxygen atoms in total. The molecule has 0 unspecified atom stereocenters. The highest BCUT2D eigenvalue weighted by molar-refractivity contribution is 5.85. The van der Waals surface area contributed by atoms with E-state index in [9.17, 15) is 0 Å². The first kappa shape index (κ1) is 14.0. The number of fused-ring (bicyclic) bond motifs is 1. The average Bonchev–Trinajstić information content (AvgIpc) is 2.35. The SMILES string of the molecule is CCNCc1cc(C(C)(C)C)nc2c(C)cccc12. The standard InChI is InChI=1S/C17H24N2/c1-6-18-11-13-10-15(17(3,4)5)19-16-12(2)8-7-9-14(13)16/h7-10,18H,6,11H2,1-5H3. The van der Waals surface area contributed by atoms with E-state index >= 15 is 0 Å². The second kappa shape index (κ2) is 5.30. The zero-order valence-corrected chi connectivity index (χ0v) is 12.7. The fourth-order valence-corrected chi connectivity index (χ4v) is 2.25. The molecule has 0 saturated carbocycles. The fraction of sp³-hybridized carbons (Fsp3) is 0.471. The smallest absolute Gasteiger partial charge is 0.0737 e. The molecule has 0 spiro atoms. The molecule has 0 atom stereocenters. The molecule has 0 radical (unpaired) electrons. The lowest BCUT2D eigenvalue weighted by Gasteiger charge is -2.20. The van der Waals surface area contributed by atoms with Crippen molar-refractivity contribution in [2.75, 3.05) is 6.54 Å². The molecular weight excluding hydrogens is 232 g/mol. The summed E-state index contributed by atoms with van der Waals surface area (Å²) in [6.07, 6.45) is 0. The quantitative estimate of drug-likeness (QED) is 0.899. The third-order valence-corrected chi connectivity index (χ3v) is 3.46. The summed E-state index contributed by atoms with van der Waals surface area (Å²) in [5.41, 5.74) is 4.99. The van der Waals surface area contributed by atoms with E-state index in [1.54, 1.807) is 0 Å². The van der Waals surface area contributed by atoms with Crippen molar-refractivity contribution in [3.05, 3.63) is 41.1 Å². The first-order valence-corrected chi connectivity index (χ1v) is 7.04. The number of nitrogens with one attached hydrogen (secondary N) is 1. The van der Waals surface area contributed by atoms with Crippen molar-refractivity contribution in [1.29, 1.82) is 0 Å². The van der Waals surface area contributed by atoms with Gasteiger partial charge in [-0.2, -0.15) is 0 Å². The van der Waals surface area contributed by atoms with Crippen LogP contribution in [0.25, 0.3) is 10.9 Å². The number of hydrogen-bond donors (Lipinski definition) is 1. The van der Waals surface area contributed by atoms with Gasteiger partial charge in [-0.05, 0) is 30.7 Å². The number of para-hydroxylation sites is 1. The molecule has 0 aliphatic rings. The molecule has 0 aliphatic carbocycles. The Kier molecular flexibility index (Phi) is 3.91. The number of aromatic nitrogens is 1. The Morgan fingerprint density at radius 2 is 1.95 bits per heavy atom. The molecule has 2 aromatic rings. The molecule has 0 aliphatic heterocycles. The first-order chi connectivity index (χ1) is 8.93. The lowest BCUT2D eigenvalue weighted by Crippen LogP contribution is -2.17. The molecule has 0 amide bonds. The minimum absolute atomic E-state index is 0.0808. The molecule has 1 N–H and O–H groups in total. The van der Waals surface area contributed by atoms with Gasteiger partial charge in [-0.1, -0.05) is 45.9 Å². The van der Waals surface area contributed by atoms with Gasteiger partial charge in [0.25, 0.3) is 0 Å². The molecule has 2 heteroatoms. The van der Waals surface area contributed by atoms with Crippen molar-refractivity contribution in [2.24, 2.45) is 0 Å². The zero-order chi connectivity index (χ0) is 14.0. The minimum atomic E-state index is 0.0808. The third-order valence-electron chi connectivity index (χ3n) is 3.46. The van der Waals surface area contributed by atoms with Crippen LogP contribution in [0.15, 0.2) is 24.3 Å². The monoisotopic (exact) mass is 256 g/mol. The predicted molar refractivity (Wildman–Crippen MR) is 82.6 cm³/mol. The van der Waals surface area contributed by atoms with Gasteiger partial charge in [0.2, 0.25) is 0 Å². The summed E-state index contributed by atoms with van der Waals surface area (Å²) < 4.78 is 0. The Hall–Kier alpha value is -1.41. The molecule has 0 saturated heterocycles. The maximum absolute atomic E-state index is 4.89. The Labute approximate surface area is 116 Å². The largest absolute Gasteiger partial charge is 0.313 e. The predicted octanol–water partition coefficient (Wildman–Crippen LogP) is 3.95. The molecule has 102 valence electrons. The van der Waals surface area contributed by atoms with Crippen molar-refractivity contribution in [3.63, 3.8) is 0 Å². The summed E-state index contributed by atoms with van der Waals surface area (Å²) in [4.78, 5) is 4.89. The number of benzene rings is 1. The summed E-state index contributed by atoms with van der Waals surface area (Å²) in [5.74, 6) is 0. The molecule has 1 heterocycles. The van der Waals surface area contributed by atoms with E-state index in [1.807, 2.05) is 0 Å². The first-order valence-electron chi connectivity index (χ1n) is 7.04. The molecule has 0 fully saturated rings. The minimum Gasteiger partial charge on any atom is -0.313 e. The van der Waals surface area contributed by atoms with E-state index in [4.69, 9.17) is 4.98 Å². The fourth-order valence-electron chi connectivity index (χ4n) is 2.25. The average molecular weight is 256 g/mol. The van der Waals surface area contributed by atoms with E-state index in [2.05, 4.69) is 64.2 Å². The van der Waals surface area contributed by atoms with Crippen molar-refractivity contribution >= 4 is 10.9 Å². The number of nitrogens with zero attached hydrogens (tertiary/aromatic N) is 1. The zero-order valence-electron chi connectivity index (χ0n) is 12.7. The molecular formula is C17H24N2. The van der Waals surface area contributed by atoms with E-state index in [0.717, 1.165) is 18.6 Å². The summed E-state index contributed by atoms with van der Waals surface area (Å²) in [5, 5.41) is 4.70. The topological polar surface area (TPSA) is 24.9 Å². The maximum Gasteiger partial charge on any atom is 0.0737 e. The second-order valence-corrected chi connectivity index (χ2v) is 6.17. The Bertz CT molecular complexity index is 580. The van der Waals surface area contributed by atoms with Gasteiger partial charge in [-0.25, -0.2) is 0 Å². The lowest BCUT2D eigenvalue weighted by molar-refractivity contribution is 0.569. The molecule has 19 heavy (non-hydrogen) atoms. The maximum atomic E-state index is 4.89. The highest BCUT2D eigenvalue weighted by atomic mass is 14.8. The van der Waals surface area contributed by atoms with Gasteiger partial charge in [-0.3, -0.25) is 4.98 Å². The number of pyridine rings is 1. The third kappa shape index (κ3) is 2.95. The summed E-state index contributed by atoms with van der Waals surface area (Å²) >= 11 is 0. The van der Waals surface area contributed by atoms with E-state index < -0.39 is 0 Å². The Balaban J connectivity index is 2.66. The molecule has 1 aromatic carbocycles. The highest BCUT2D eigenvalue weighted by Crippen LogP contribution is 2.27. The normalized spacial score (nSPS) is 12.1. The van der Waals surface area contributed by atoms with E-state index in [0.29, 0.717) is 0 Å². The van der Waals surface area contributed by atoms with E-state index in [1.165, 1.54) is 22.2 Å². The van der Waals surface area contributed by atoms with Gasteiger partial charge in [0, 0.05) is 23.0 Å². The van der Waals surface area contributed by atoms with Gasteiger partial charge in [0.1, 0.15) is 0 Å². The molecule has 2 rings (SSSR count). The van der Waals surface area contributed by atoms with Crippen LogP contribution >= 0.6 is 0 Å². The van der Waals surface area contributed by atoms with Crippen LogP contribution in [-0.2, 0) is 12.0 Å². The van der Waals surface area contributed by atoms with Crippen molar-refractivity contribution < 1.29 is 0 Å². The van der Waals surface area contributed by atoms with Crippen LogP contribution in [0.3, 0.4) is 0 Å². The van der Waals surface area contributed by atoms with Crippen molar-refractivity contribution in [2.45, 2.75) is 46.6 Å². The summed E-state index contributed by atoms with van der Waals surface area (Å²) in [7, 11) is 0. The van der Waals surface area contributed by atoms with Crippen LogP contribution < -0.4 is 5.32 Å². The van der Waals surface area contributed by atoms with Gasteiger partial charge >= 0.3 is 0 Å². The van der Waals surface area contributed by atoms with Gasteiger partial charge in [0.15, 0.2) is 0 Å². The van der Waals surface area contributed by atoms with Crippen LogP contribution in [-0.4, -0.2) is 11.5 Å². The van der Waals surface area contributed by atoms with Crippen molar-refractivity contribution in [1.82, 2.24) is 10.3 Å². The summed E-state index contributed by atoms with van der Waals surface area (Å²) in [6.45, 7) is 12.8. The molecule has 0 bridgehead atoms. The van der Waals surface area contributed by atoms with Crippen LogP contribution in [0.5, 0.6) is 0 Å². The summed E-state index contributed by atoms with van der Waals surface area (Å²) in [6, 6.07) is 8.68. The van der Waals surface area contributed by atoms with Crippen LogP contribution in [0.2, 0.25) is 0 Å². The van der Waals surface area contributed by atoms with Gasteiger partial charge < -0.3 is 5.32 Å². The van der Waals surface area contributed by atoms with Crippen LogP contribution in [0.4, 0.5) is 0 Å². The Morgan fingerprint density at radius 3 is 2.58 bits per heavy atom. The van der Waals surface area contributed by atoms with Crippen molar-refractivity contribution in [3.8, 4) is 0 Å². The second-order valence-electron chi connectivity index (χ2n) is 6.17. The van der Waals surface area contributed by atoms with Gasteiger partial charge in [0.05, 0.1) is 5.52 Å². The van der Waals surface area contributed by atoms with Gasteiger partial charge in [-0.15, -0.1) is 0 Å².